The summed E-state index contributed by atoms with van der Waals surface area (Å²) >= 11 is 0. The molecule has 3 nitrogen and oxygen atoms in total. The van der Waals surface area contributed by atoms with Crippen molar-refractivity contribution in [2.24, 2.45) is 5.73 Å². The van der Waals surface area contributed by atoms with Gasteiger partial charge in [-0.25, -0.2) is 0 Å². The van der Waals surface area contributed by atoms with Crippen LogP contribution < -0.4 is 5.73 Å². The highest BCUT2D eigenvalue weighted by Gasteiger charge is 2.25. The average molecular weight is 156 g/mol. The average Bonchev–Trinajstić information content (AvgIpc) is 2.50. The number of nitrogens with zero attached hydrogens (tertiary/aromatic N) is 1. The molecule has 1 unspecified atom stereocenters. The van der Waals surface area contributed by atoms with Crippen LogP contribution in [0.25, 0.3) is 0 Å². The zero-order valence-corrected chi connectivity index (χ0v) is 7.05. The molecule has 1 atom stereocenters. The lowest BCUT2D eigenvalue weighted by molar-refractivity contribution is -0.131. The van der Waals surface area contributed by atoms with Crippen LogP contribution >= 0.6 is 0 Å². The van der Waals surface area contributed by atoms with E-state index in [1.54, 1.807) is 0 Å². The zero-order valence-electron chi connectivity index (χ0n) is 7.05. The summed E-state index contributed by atoms with van der Waals surface area (Å²) in [6.07, 6.45) is 2.81. The van der Waals surface area contributed by atoms with Gasteiger partial charge in [-0.05, 0) is 12.8 Å². The summed E-state index contributed by atoms with van der Waals surface area (Å²) in [4.78, 5) is 13.2. The number of nitrogens with two attached hydrogens (primary N) is 1. The highest BCUT2D eigenvalue weighted by molar-refractivity contribution is 5.76. The van der Waals surface area contributed by atoms with Gasteiger partial charge in [-0.3, -0.25) is 4.79 Å². The summed E-state index contributed by atoms with van der Waals surface area (Å²) in [5, 5.41) is 0. The Morgan fingerprint density at radius 1 is 1.73 bits per heavy atom. The van der Waals surface area contributed by atoms with Crippen LogP contribution in [0.1, 0.15) is 26.2 Å². The quantitative estimate of drug-likeness (QED) is 0.627. The Balaban J connectivity index is 2.49. The van der Waals surface area contributed by atoms with Crippen molar-refractivity contribution in [1.29, 1.82) is 0 Å². The number of rotatable bonds is 2. The smallest absolute Gasteiger partial charge is 0.222 e. The lowest BCUT2D eigenvalue weighted by atomic mass is 10.2. The van der Waals surface area contributed by atoms with Crippen LogP contribution in [0.5, 0.6) is 0 Å². The monoisotopic (exact) mass is 156 g/mol. The first-order chi connectivity index (χ1) is 5.29. The predicted molar refractivity (Wildman–Crippen MR) is 44.1 cm³/mol. The fourth-order valence-electron chi connectivity index (χ4n) is 1.61. The minimum absolute atomic E-state index is 0.248. The van der Waals surface area contributed by atoms with Crippen molar-refractivity contribution in [3.63, 3.8) is 0 Å². The number of amides is 1. The van der Waals surface area contributed by atoms with Crippen LogP contribution in [0, 0.1) is 0 Å². The molecule has 2 N–H and O–H groups in total. The first kappa shape index (κ1) is 8.53. The Morgan fingerprint density at radius 2 is 2.45 bits per heavy atom. The molecule has 0 bridgehead atoms. The van der Waals surface area contributed by atoms with Crippen LogP contribution in [0.3, 0.4) is 0 Å². The fourth-order valence-corrected chi connectivity index (χ4v) is 1.61. The van der Waals surface area contributed by atoms with Crippen molar-refractivity contribution in [2.45, 2.75) is 32.2 Å². The van der Waals surface area contributed by atoms with Gasteiger partial charge in [-0.15, -0.1) is 0 Å². The molecular weight excluding hydrogens is 140 g/mol. The molecule has 1 fully saturated rings. The molecule has 0 aromatic carbocycles. The molecule has 0 saturated carbocycles. The first-order valence-corrected chi connectivity index (χ1v) is 4.29. The van der Waals surface area contributed by atoms with Crippen LogP contribution in [0.2, 0.25) is 0 Å². The number of carbonyl (C=O) groups is 1. The Hall–Kier alpha value is -0.570. The Bertz CT molecular complexity index is 147. The SMILES string of the molecule is CCC(=O)N1CCCC1CN. The van der Waals surface area contributed by atoms with E-state index < -0.39 is 0 Å². The minimum atomic E-state index is 0.248. The predicted octanol–water partition coefficient (Wildman–Crippen LogP) is 0.346. The summed E-state index contributed by atoms with van der Waals surface area (Å²) < 4.78 is 0. The molecule has 1 aliphatic heterocycles. The maximum atomic E-state index is 11.3. The van der Waals surface area contributed by atoms with Gasteiger partial charge in [0.15, 0.2) is 0 Å². The number of likely N-dealkylation sites (tertiary alicyclic amines) is 1. The van der Waals surface area contributed by atoms with Crippen LogP contribution in [-0.4, -0.2) is 29.9 Å². The van der Waals surface area contributed by atoms with Crippen molar-refractivity contribution in [3.8, 4) is 0 Å². The van der Waals surface area contributed by atoms with Crippen molar-refractivity contribution >= 4 is 5.91 Å². The van der Waals surface area contributed by atoms with Gasteiger partial charge in [0, 0.05) is 25.6 Å². The second kappa shape index (κ2) is 3.72. The molecule has 64 valence electrons. The number of carbonyl (C=O) groups excluding carboxylic acids is 1. The standard InChI is InChI=1S/C8H16N2O/c1-2-8(11)10-5-3-4-7(10)6-9/h7H,2-6,9H2,1H3. The Labute approximate surface area is 67.5 Å². The topological polar surface area (TPSA) is 46.3 Å². The highest BCUT2D eigenvalue weighted by Crippen LogP contribution is 2.16. The van der Waals surface area contributed by atoms with E-state index in [9.17, 15) is 4.79 Å². The van der Waals surface area contributed by atoms with Gasteiger partial charge >= 0.3 is 0 Å². The van der Waals surface area contributed by atoms with Gasteiger partial charge in [0.25, 0.3) is 0 Å². The molecule has 0 aromatic rings. The number of hydrogen-bond acceptors (Lipinski definition) is 2. The molecule has 11 heavy (non-hydrogen) atoms. The number of hydrogen-bond donors (Lipinski definition) is 1. The maximum Gasteiger partial charge on any atom is 0.222 e. The molecular formula is C8H16N2O. The highest BCUT2D eigenvalue weighted by atomic mass is 16.2. The van der Waals surface area contributed by atoms with Gasteiger partial charge in [0.2, 0.25) is 5.91 Å². The summed E-state index contributed by atoms with van der Waals surface area (Å²) in [7, 11) is 0. The fraction of sp³-hybridized carbons (Fsp3) is 0.875. The van der Waals surface area contributed by atoms with E-state index >= 15 is 0 Å². The van der Waals surface area contributed by atoms with Gasteiger partial charge in [0.05, 0.1) is 0 Å². The molecule has 1 heterocycles. The molecule has 1 saturated heterocycles. The van der Waals surface area contributed by atoms with E-state index in [0.717, 1.165) is 19.4 Å². The molecule has 1 rings (SSSR count). The molecule has 0 aliphatic carbocycles. The van der Waals surface area contributed by atoms with Crippen molar-refractivity contribution in [3.05, 3.63) is 0 Å². The molecule has 0 spiro atoms. The minimum Gasteiger partial charge on any atom is -0.338 e. The molecule has 3 heteroatoms. The lowest BCUT2D eigenvalue weighted by Gasteiger charge is -2.22. The maximum absolute atomic E-state index is 11.3. The zero-order chi connectivity index (χ0) is 8.27. The van der Waals surface area contributed by atoms with Crippen molar-refractivity contribution in [1.82, 2.24) is 4.90 Å². The van der Waals surface area contributed by atoms with Crippen LogP contribution in [0.4, 0.5) is 0 Å². The summed E-state index contributed by atoms with van der Waals surface area (Å²) in [5.74, 6) is 0.248. The van der Waals surface area contributed by atoms with E-state index in [1.807, 2.05) is 11.8 Å². The summed E-state index contributed by atoms with van der Waals surface area (Å²) in [6, 6.07) is 0.322. The third-order valence-electron chi connectivity index (χ3n) is 2.27. The molecule has 1 amide bonds. The third kappa shape index (κ3) is 1.71. The van der Waals surface area contributed by atoms with Crippen molar-refractivity contribution < 1.29 is 4.79 Å². The molecule has 0 aromatic heterocycles. The van der Waals surface area contributed by atoms with E-state index in [0.29, 0.717) is 19.0 Å². The molecule has 1 aliphatic rings. The van der Waals surface area contributed by atoms with E-state index in [4.69, 9.17) is 5.73 Å². The van der Waals surface area contributed by atoms with Gasteiger partial charge in [-0.1, -0.05) is 6.92 Å². The normalized spacial score (nSPS) is 24.2. The Morgan fingerprint density at radius 3 is 3.00 bits per heavy atom. The van der Waals surface area contributed by atoms with E-state index in [2.05, 4.69) is 0 Å². The largest absolute Gasteiger partial charge is 0.338 e. The second-order valence-electron chi connectivity index (χ2n) is 2.97. The van der Waals surface area contributed by atoms with Crippen LogP contribution in [0.15, 0.2) is 0 Å². The van der Waals surface area contributed by atoms with Crippen LogP contribution in [-0.2, 0) is 4.79 Å². The van der Waals surface area contributed by atoms with Gasteiger partial charge < -0.3 is 10.6 Å². The van der Waals surface area contributed by atoms with Gasteiger partial charge in [-0.2, -0.15) is 0 Å². The van der Waals surface area contributed by atoms with E-state index in [1.165, 1.54) is 0 Å². The molecule has 0 radical (unpaired) electrons. The first-order valence-electron chi connectivity index (χ1n) is 4.29. The second-order valence-corrected chi connectivity index (χ2v) is 2.97. The summed E-state index contributed by atoms with van der Waals surface area (Å²) in [5.41, 5.74) is 5.52. The Kier molecular flexibility index (Phi) is 2.88. The van der Waals surface area contributed by atoms with Gasteiger partial charge in [0.1, 0.15) is 0 Å². The lowest BCUT2D eigenvalue weighted by Crippen LogP contribution is -2.39. The summed E-state index contributed by atoms with van der Waals surface area (Å²) in [6.45, 7) is 3.43. The third-order valence-corrected chi connectivity index (χ3v) is 2.27. The van der Waals surface area contributed by atoms with E-state index in [-0.39, 0.29) is 5.91 Å². The van der Waals surface area contributed by atoms with Crippen molar-refractivity contribution in [2.75, 3.05) is 13.1 Å².